The molecule has 0 N–H and O–H groups in total. The van der Waals surface area contributed by atoms with Gasteiger partial charge in [-0.2, -0.15) is 0 Å². The lowest BCUT2D eigenvalue weighted by molar-refractivity contribution is -0.182. The van der Waals surface area contributed by atoms with Gasteiger partial charge < -0.3 is 18.6 Å². The number of carbonyl (C=O) groups is 1. The van der Waals surface area contributed by atoms with Gasteiger partial charge in [-0.05, 0) is 17.2 Å². The fourth-order valence-electron chi connectivity index (χ4n) is 5.19. The largest absolute Gasteiger partial charge is 0.500 e. The molecule has 1 saturated carbocycles. The standard InChI is InChI=1S/C28H24O6/c1-31-20-15-22(33-23(29)16-20)27-25(19-11-7-4-8-12-19)26-21(32-2)17-24(30)34-28(26,27)14-13-18-9-5-3-6-10-18/h3-17,25-27H,1-2H3/b14-13+/t25-,26+,27+,28+/m1/s1. The van der Waals surface area contributed by atoms with Crippen molar-refractivity contribution in [2.45, 2.75) is 17.4 Å². The van der Waals surface area contributed by atoms with Crippen molar-refractivity contribution in [3.63, 3.8) is 0 Å². The molecule has 2 aromatic carbocycles. The van der Waals surface area contributed by atoms with E-state index in [-0.39, 0.29) is 11.8 Å². The van der Waals surface area contributed by atoms with E-state index in [1.165, 1.54) is 19.3 Å². The monoisotopic (exact) mass is 456 g/mol. The van der Waals surface area contributed by atoms with E-state index in [4.69, 9.17) is 18.6 Å². The smallest absolute Gasteiger partial charge is 0.339 e. The van der Waals surface area contributed by atoms with E-state index in [1.54, 1.807) is 13.2 Å². The molecule has 5 rings (SSSR count). The molecular formula is C28H24O6. The van der Waals surface area contributed by atoms with Crippen LogP contribution in [0.4, 0.5) is 0 Å². The molecule has 1 aliphatic carbocycles. The molecule has 3 aromatic rings. The molecule has 0 spiro atoms. The Labute approximate surface area is 197 Å². The van der Waals surface area contributed by atoms with Crippen molar-refractivity contribution < 1.29 is 23.4 Å². The van der Waals surface area contributed by atoms with E-state index in [2.05, 4.69) is 0 Å². The molecule has 2 heterocycles. The van der Waals surface area contributed by atoms with Gasteiger partial charge in [-0.3, -0.25) is 0 Å². The quantitative estimate of drug-likeness (QED) is 0.501. The van der Waals surface area contributed by atoms with Crippen molar-refractivity contribution in [3.8, 4) is 5.75 Å². The number of ether oxygens (including phenoxy) is 3. The molecule has 6 heteroatoms. The van der Waals surface area contributed by atoms with Gasteiger partial charge in [-0.25, -0.2) is 9.59 Å². The van der Waals surface area contributed by atoms with E-state index in [9.17, 15) is 9.59 Å². The van der Waals surface area contributed by atoms with Crippen LogP contribution < -0.4 is 10.4 Å². The van der Waals surface area contributed by atoms with E-state index in [0.717, 1.165) is 11.1 Å². The summed E-state index contributed by atoms with van der Waals surface area (Å²) in [5, 5.41) is 0. The Morgan fingerprint density at radius 3 is 2.26 bits per heavy atom. The second-order valence-corrected chi connectivity index (χ2v) is 8.38. The van der Waals surface area contributed by atoms with Crippen molar-refractivity contribution in [1.29, 1.82) is 0 Å². The Bertz CT molecular complexity index is 1310. The van der Waals surface area contributed by atoms with E-state index < -0.39 is 23.1 Å². The summed E-state index contributed by atoms with van der Waals surface area (Å²) in [5.74, 6) is -0.164. The van der Waals surface area contributed by atoms with Gasteiger partial charge in [0, 0.05) is 12.0 Å². The summed E-state index contributed by atoms with van der Waals surface area (Å²) in [6, 6.07) is 22.6. The Morgan fingerprint density at radius 2 is 1.59 bits per heavy atom. The van der Waals surface area contributed by atoms with Crippen molar-refractivity contribution >= 4 is 12.0 Å². The second kappa shape index (κ2) is 8.71. The van der Waals surface area contributed by atoms with Crippen LogP contribution in [0, 0.1) is 5.92 Å². The van der Waals surface area contributed by atoms with Crippen LogP contribution in [0.25, 0.3) is 6.08 Å². The number of hydrogen-bond donors (Lipinski definition) is 0. The van der Waals surface area contributed by atoms with Crippen LogP contribution in [0.2, 0.25) is 0 Å². The normalized spacial score (nSPS) is 25.6. The maximum atomic E-state index is 12.7. The van der Waals surface area contributed by atoms with Crippen LogP contribution >= 0.6 is 0 Å². The molecule has 1 aromatic heterocycles. The minimum atomic E-state index is -1.12. The molecule has 2 aliphatic rings. The first-order valence-electron chi connectivity index (χ1n) is 11.0. The van der Waals surface area contributed by atoms with Crippen molar-refractivity contribution in [2.75, 3.05) is 14.2 Å². The van der Waals surface area contributed by atoms with Gasteiger partial charge in [0.1, 0.15) is 17.3 Å². The molecule has 4 atom stereocenters. The van der Waals surface area contributed by atoms with Crippen LogP contribution in [-0.4, -0.2) is 25.8 Å². The zero-order valence-electron chi connectivity index (χ0n) is 18.8. The van der Waals surface area contributed by atoms with Gasteiger partial charge >= 0.3 is 11.6 Å². The fraction of sp³-hybridized carbons (Fsp3) is 0.214. The summed E-state index contributed by atoms with van der Waals surface area (Å²) >= 11 is 0. The van der Waals surface area contributed by atoms with Gasteiger partial charge in [0.2, 0.25) is 0 Å². The summed E-state index contributed by atoms with van der Waals surface area (Å²) in [6.45, 7) is 0. The van der Waals surface area contributed by atoms with E-state index in [1.807, 2.05) is 72.8 Å². The molecule has 1 aliphatic heterocycles. The molecule has 34 heavy (non-hydrogen) atoms. The third-order valence-electron chi connectivity index (χ3n) is 6.60. The number of carbonyl (C=O) groups excluding carboxylic acids is 1. The Balaban J connectivity index is 1.72. The average molecular weight is 456 g/mol. The highest BCUT2D eigenvalue weighted by molar-refractivity contribution is 5.85. The first-order chi connectivity index (χ1) is 16.6. The number of hydrogen-bond acceptors (Lipinski definition) is 6. The SMILES string of the molecule is COC1=CC(=O)O[C@@]2(/C=C/c3ccccc3)[C@@H]1[C@@H](c1ccccc1)[C@@H]2c1cc(OC)cc(=O)o1. The summed E-state index contributed by atoms with van der Waals surface area (Å²) in [5.41, 5.74) is 0.328. The third-order valence-corrected chi connectivity index (χ3v) is 6.60. The highest BCUT2D eigenvalue weighted by Crippen LogP contribution is 2.66. The Kier molecular flexibility index (Phi) is 5.57. The predicted molar refractivity (Wildman–Crippen MR) is 126 cm³/mol. The highest BCUT2D eigenvalue weighted by atomic mass is 16.6. The summed E-state index contributed by atoms with van der Waals surface area (Å²) < 4.78 is 22.8. The van der Waals surface area contributed by atoms with Crippen LogP contribution in [0.5, 0.6) is 5.75 Å². The first kappa shape index (κ1) is 21.8. The lowest BCUT2D eigenvalue weighted by Gasteiger charge is -2.59. The van der Waals surface area contributed by atoms with Crippen LogP contribution in [0.15, 0.2) is 99.9 Å². The van der Waals surface area contributed by atoms with Crippen LogP contribution in [-0.2, 0) is 14.3 Å². The van der Waals surface area contributed by atoms with Gasteiger partial charge in [-0.1, -0.05) is 66.7 Å². The molecule has 0 saturated heterocycles. The number of fused-ring (bicyclic) bond motifs is 1. The lowest BCUT2D eigenvalue weighted by Crippen LogP contribution is -2.63. The van der Waals surface area contributed by atoms with Gasteiger partial charge in [-0.15, -0.1) is 0 Å². The fourth-order valence-corrected chi connectivity index (χ4v) is 5.19. The maximum absolute atomic E-state index is 12.7. The van der Waals surface area contributed by atoms with Crippen molar-refractivity contribution in [2.24, 2.45) is 5.92 Å². The minimum Gasteiger partial charge on any atom is -0.500 e. The predicted octanol–water partition coefficient (Wildman–Crippen LogP) is 4.68. The van der Waals surface area contributed by atoms with Gasteiger partial charge in [0.05, 0.1) is 38.2 Å². The topological polar surface area (TPSA) is 75.0 Å². The van der Waals surface area contributed by atoms with Crippen LogP contribution in [0.1, 0.15) is 28.7 Å². The summed E-state index contributed by atoms with van der Waals surface area (Å²) in [6.07, 6.45) is 5.21. The molecule has 0 amide bonds. The molecular weight excluding hydrogens is 432 g/mol. The van der Waals surface area contributed by atoms with E-state index >= 15 is 0 Å². The van der Waals surface area contributed by atoms with Crippen molar-refractivity contribution in [1.82, 2.24) is 0 Å². The highest BCUT2D eigenvalue weighted by Gasteiger charge is 2.68. The Morgan fingerprint density at radius 1 is 0.882 bits per heavy atom. The number of benzene rings is 2. The molecule has 6 nitrogen and oxygen atoms in total. The van der Waals surface area contributed by atoms with Gasteiger partial charge in [0.15, 0.2) is 5.60 Å². The number of rotatable bonds is 6. The molecule has 1 fully saturated rings. The number of esters is 1. The van der Waals surface area contributed by atoms with Crippen LogP contribution in [0.3, 0.4) is 0 Å². The molecule has 0 radical (unpaired) electrons. The molecule has 0 bridgehead atoms. The zero-order valence-corrected chi connectivity index (χ0v) is 18.8. The summed E-state index contributed by atoms with van der Waals surface area (Å²) in [4.78, 5) is 25.1. The Hall–Kier alpha value is -4.06. The number of methoxy groups -OCH3 is 2. The zero-order chi connectivity index (χ0) is 23.7. The first-order valence-corrected chi connectivity index (χ1v) is 11.0. The lowest BCUT2D eigenvalue weighted by atomic mass is 9.49. The summed E-state index contributed by atoms with van der Waals surface area (Å²) in [7, 11) is 3.05. The molecule has 0 unspecified atom stereocenters. The van der Waals surface area contributed by atoms with E-state index in [0.29, 0.717) is 17.3 Å². The van der Waals surface area contributed by atoms with Gasteiger partial charge in [0.25, 0.3) is 0 Å². The van der Waals surface area contributed by atoms with Crippen molar-refractivity contribution in [3.05, 3.63) is 118 Å². The third kappa shape index (κ3) is 3.61. The minimum absolute atomic E-state index is 0.170. The molecule has 172 valence electrons. The second-order valence-electron chi connectivity index (χ2n) is 8.38. The average Bonchev–Trinajstić information content (AvgIpc) is 2.85. The maximum Gasteiger partial charge on any atom is 0.339 e.